The molecular formula is C8H12N4O3S. The van der Waals surface area contributed by atoms with Gasteiger partial charge in [-0.3, -0.25) is 9.52 Å². The van der Waals surface area contributed by atoms with Crippen LogP contribution in [0, 0.1) is 0 Å². The fraction of sp³-hybridized carbons (Fsp3) is 0.250. The molecule has 1 amide bonds. The van der Waals surface area contributed by atoms with Crippen LogP contribution >= 0.6 is 0 Å². The van der Waals surface area contributed by atoms with Gasteiger partial charge in [0.25, 0.3) is 0 Å². The van der Waals surface area contributed by atoms with Gasteiger partial charge in [-0.2, -0.15) is 12.7 Å². The number of rotatable bonds is 4. The van der Waals surface area contributed by atoms with Crippen molar-refractivity contribution in [2.75, 3.05) is 18.8 Å². The van der Waals surface area contributed by atoms with Gasteiger partial charge in [0.05, 0.1) is 5.56 Å². The zero-order valence-corrected chi connectivity index (χ0v) is 9.65. The van der Waals surface area contributed by atoms with Crippen molar-refractivity contribution in [2.24, 2.45) is 5.73 Å². The maximum Gasteiger partial charge on any atom is 0.302 e. The number of nitrogens with two attached hydrogens (primary N) is 1. The Morgan fingerprint density at radius 1 is 1.44 bits per heavy atom. The Morgan fingerprint density at radius 2 is 2.06 bits per heavy atom. The van der Waals surface area contributed by atoms with Crippen molar-refractivity contribution >= 4 is 21.9 Å². The Balaban J connectivity index is 2.89. The molecule has 7 nitrogen and oxygen atoms in total. The van der Waals surface area contributed by atoms with Crippen LogP contribution in [0.5, 0.6) is 0 Å². The van der Waals surface area contributed by atoms with Crippen LogP contribution in [-0.2, 0) is 10.2 Å². The number of nitrogens with zero attached hydrogens (tertiary/aromatic N) is 2. The number of anilines is 1. The van der Waals surface area contributed by atoms with Crippen LogP contribution in [0.1, 0.15) is 10.4 Å². The van der Waals surface area contributed by atoms with Crippen molar-refractivity contribution in [3.8, 4) is 0 Å². The minimum Gasteiger partial charge on any atom is -0.366 e. The number of aromatic nitrogens is 1. The summed E-state index contributed by atoms with van der Waals surface area (Å²) in [4.78, 5) is 14.5. The number of primary amides is 1. The average Bonchev–Trinajstić information content (AvgIpc) is 2.17. The lowest BCUT2D eigenvalue weighted by Gasteiger charge is -2.12. The van der Waals surface area contributed by atoms with Crippen molar-refractivity contribution in [3.63, 3.8) is 0 Å². The molecule has 0 radical (unpaired) electrons. The van der Waals surface area contributed by atoms with Crippen molar-refractivity contribution < 1.29 is 13.2 Å². The molecule has 3 N–H and O–H groups in total. The molecule has 0 saturated heterocycles. The largest absolute Gasteiger partial charge is 0.366 e. The molecule has 1 aromatic rings. The van der Waals surface area contributed by atoms with Gasteiger partial charge in [0, 0.05) is 20.3 Å². The molecule has 0 aliphatic heterocycles. The molecule has 88 valence electrons. The summed E-state index contributed by atoms with van der Waals surface area (Å²) in [5.41, 5.74) is 5.23. The lowest BCUT2D eigenvalue weighted by Crippen LogP contribution is -2.29. The second-order valence-electron chi connectivity index (χ2n) is 3.19. The molecule has 0 unspecified atom stereocenters. The summed E-state index contributed by atoms with van der Waals surface area (Å²) in [6, 6.07) is 2.75. The van der Waals surface area contributed by atoms with Crippen LogP contribution in [0.4, 0.5) is 5.82 Å². The second kappa shape index (κ2) is 4.45. The van der Waals surface area contributed by atoms with Crippen LogP contribution in [0.25, 0.3) is 0 Å². The van der Waals surface area contributed by atoms with Gasteiger partial charge < -0.3 is 5.73 Å². The molecule has 0 saturated carbocycles. The van der Waals surface area contributed by atoms with E-state index in [-0.39, 0.29) is 11.4 Å². The van der Waals surface area contributed by atoms with Crippen molar-refractivity contribution in [1.82, 2.24) is 9.29 Å². The highest BCUT2D eigenvalue weighted by molar-refractivity contribution is 7.90. The molecule has 1 aromatic heterocycles. The molecule has 8 heteroatoms. The molecule has 1 heterocycles. The quantitative estimate of drug-likeness (QED) is 0.737. The van der Waals surface area contributed by atoms with Crippen molar-refractivity contribution in [1.29, 1.82) is 0 Å². The van der Waals surface area contributed by atoms with Gasteiger partial charge in [-0.05, 0) is 12.1 Å². The number of carbonyl (C=O) groups is 1. The van der Waals surface area contributed by atoms with E-state index in [2.05, 4.69) is 9.71 Å². The molecule has 0 spiro atoms. The SMILES string of the molecule is CN(C)S(=O)(=O)Nc1ccc(C(N)=O)cn1. The summed E-state index contributed by atoms with van der Waals surface area (Å²) in [7, 11) is -0.802. The summed E-state index contributed by atoms with van der Waals surface area (Å²) in [6.07, 6.45) is 1.20. The topological polar surface area (TPSA) is 105 Å². The van der Waals surface area contributed by atoms with Crippen molar-refractivity contribution in [3.05, 3.63) is 23.9 Å². The first kappa shape index (κ1) is 12.4. The average molecular weight is 244 g/mol. The van der Waals surface area contributed by atoms with Crippen LogP contribution < -0.4 is 10.5 Å². The molecule has 0 atom stereocenters. The van der Waals surface area contributed by atoms with E-state index in [4.69, 9.17) is 5.73 Å². The maximum atomic E-state index is 11.4. The monoisotopic (exact) mass is 244 g/mol. The third-order valence-corrected chi connectivity index (χ3v) is 3.19. The molecule has 0 fully saturated rings. The van der Waals surface area contributed by atoms with E-state index in [1.54, 1.807) is 0 Å². The summed E-state index contributed by atoms with van der Waals surface area (Å²) in [6.45, 7) is 0. The molecule has 16 heavy (non-hydrogen) atoms. The molecule has 0 aromatic carbocycles. The van der Waals surface area contributed by atoms with E-state index in [9.17, 15) is 13.2 Å². The first-order chi connectivity index (χ1) is 7.33. The van der Waals surface area contributed by atoms with Crippen LogP contribution in [-0.4, -0.2) is 37.7 Å². The number of hydrogen-bond acceptors (Lipinski definition) is 4. The minimum atomic E-state index is -3.58. The zero-order valence-electron chi connectivity index (χ0n) is 8.84. The van der Waals surface area contributed by atoms with Crippen molar-refractivity contribution in [2.45, 2.75) is 0 Å². The Labute approximate surface area is 93.5 Å². The zero-order chi connectivity index (χ0) is 12.3. The van der Waals surface area contributed by atoms with E-state index in [0.29, 0.717) is 0 Å². The number of nitrogens with one attached hydrogen (secondary N) is 1. The number of hydrogen-bond donors (Lipinski definition) is 2. The summed E-state index contributed by atoms with van der Waals surface area (Å²) in [5.74, 6) is -0.492. The lowest BCUT2D eigenvalue weighted by atomic mass is 10.3. The standard InChI is InChI=1S/C8H12N4O3S/c1-12(2)16(14,15)11-7-4-3-6(5-10-7)8(9)13/h3-5H,1-2H3,(H2,9,13)(H,10,11). The highest BCUT2D eigenvalue weighted by atomic mass is 32.2. The Hall–Kier alpha value is -1.67. The van der Waals surface area contributed by atoms with Gasteiger partial charge in [-0.25, -0.2) is 4.98 Å². The van der Waals surface area contributed by atoms with Gasteiger partial charge in [-0.1, -0.05) is 0 Å². The first-order valence-corrected chi connectivity index (χ1v) is 5.73. The van der Waals surface area contributed by atoms with E-state index in [1.165, 1.54) is 32.4 Å². The Morgan fingerprint density at radius 3 is 2.44 bits per heavy atom. The normalized spacial score (nSPS) is 11.4. The second-order valence-corrected chi connectivity index (χ2v) is 5.07. The number of amides is 1. The van der Waals surface area contributed by atoms with E-state index in [1.807, 2.05) is 0 Å². The smallest absolute Gasteiger partial charge is 0.302 e. The Bertz CT molecular complexity index is 481. The highest BCUT2D eigenvalue weighted by Gasteiger charge is 2.13. The Kier molecular flexibility index (Phi) is 3.45. The summed E-state index contributed by atoms with van der Waals surface area (Å²) >= 11 is 0. The molecular weight excluding hydrogens is 232 g/mol. The third-order valence-electron chi connectivity index (χ3n) is 1.76. The first-order valence-electron chi connectivity index (χ1n) is 4.29. The van der Waals surface area contributed by atoms with Crippen LogP contribution in [0.15, 0.2) is 18.3 Å². The minimum absolute atomic E-state index is 0.124. The van der Waals surface area contributed by atoms with Gasteiger partial charge in [-0.15, -0.1) is 0 Å². The molecule has 1 rings (SSSR count). The van der Waals surface area contributed by atoms with Gasteiger partial charge in [0.15, 0.2) is 0 Å². The van der Waals surface area contributed by atoms with E-state index >= 15 is 0 Å². The number of pyridine rings is 1. The van der Waals surface area contributed by atoms with Gasteiger partial charge >= 0.3 is 10.2 Å². The fourth-order valence-electron chi connectivity index (χ4n) is 0.823. The summed E-state index contributed by atoms with van der Waals surface area (Å²) in [5, 5.41) is 0. The van der Waals surface area contributed by atoms with Crippen LogP contribution in [0.2, 0.25) is 0 Å². The van der Waals surface area contributed by atoms with E-state index < -0.39 is 16.1 Å². The van der Waals surface area contributed by atoms with Crippen LogP contribution in [0.3, 0.4) is 0 Å². The molecule has 0 aliphatic carbocycles. The van der Waals surface area contributed by atoms with E-state index in [0.717, 1.165) is 4.31 Å². The third kappa shape index (κ3) is 2.91. The lowest BCUT2D eigenvalue weighted by molar-refractivity contribution is 0.1000. The summed E-state index contributed by atoms with van der Waals surface area (Å²) < 4.78 is 26.0. The predicted molar refractivity (Wildman–Crippen MR) is 59.0 cm³/mol. The predicted octanol–water partition coefficient (Wildman–Crippen LogP) is -0.601. The fourth-order valence-corrected chi connectivity index (χ4v) is 1.39. The van der Waals surface area contributed by atoms with Gasteiger partial charge in [0.1, 0.15) is 5.82 Å². The molecule has 0 bridgehead atoms. The highest BCUT2D eigenvalue weighted by Crippen LogP contribution is 2.07. The van der Waals surface area contributed by atoms with Gasteiger partial charge in [0.2, 0.25) is 5.91 Å². The number of carbonyl (C=O) groups excluding carboxylic acids is 1. The molecule has 0 aliphatic rings. The maximum absolute atomic E-state index is 11.4.